The topological polar surface area (TPSA) is 48.9 Å². The molecule has 2 aromatic carbocycles. The monoisotopic (exact) mass is 359 g/mol. The molecule has 4 aromatic rings. The third-order valence-corrected chi connectivity index (χ3v) is 5.12. The molecule has 2 heterocycles. The van der Waals surface area contributed by atoms with Gasteiger partial charge in [0.2, 0.25) is 0 Å². The molecule has 0 radical (unpaired) electrons. The minimum Gasteiger partial charge on any atom is -0.314 e. The molecule has 2 aromatic heterocycles. The molecule has 0 spiro atoms. The minimum absolute atomic E-state index is 0.280. The van der Waals surface area contributed by atoms with Crippen molar-refractivity contribution < 1.29 is 0 Å². The number of fused-ring (bicyclic) bond motifs is 1. The van der Waals surface area contributed by atoms with E-state index in [-0.39, 0.29) is 11.2 Å². The molecule has 0 aliphatic rings. The van der Waals surface area contributed by atoms with Gasteiger partial charge in [-0.1, -0.05) is 36.4 Å². The lowest BCUT2D eigenvalue weighted by Gasteiger charge is -2.12. The maximum Gasteiger partial charge on any atom is 0.330 e. The molecule has 4 rings (SSSR count). The van der Waals surface area contributed by atoms with E-state index in [1.165, 1.54) is 16.2 Å². The van der Waals surface area contributed by atoms with Crippen molar-refractivity contribution in [3.8, 4) is 16.9 Å². The first-order chi connectivity index (χ1) is 12.9. The van der Waals surface area contributed by atoms with E-state index in [4.69, 9.17) is 0 Å². The highest BCUT2D eigenvalue weighted by Crippen LogP contribution is 2.32. The molecule has 0 bridgehead atoms. The van der Waals surface area contributed by atoms with E-state index in [1.807, 2.05) is 67.1 Å². The van der Waals surface area contributed by atoms with Crippen molar-refractivity contribution in [2.24, 2.45) is 14.1 Å². The molecule has 5 heteroatoms. The third kappa shape index (κ3) is 2.54. The molecule has 0 fully saturated rings. The normalized spacial score (nSPS) is 11.3. The molecule has 0 aliphatic carbocycles. The van der Waals surface area contributed by atoms with Crippen LogP contribution in [0, 0.1) is 13.8 Å². The van der Waals surface area contributed by atoms with E-state index < -0.39 is 0 Å². The standard InChI is InChI=1S/C22H21N3O2/c1-14-8-7-10-16(12-14)25-13-18-19(21(26)24(4)22(27)23(18)3)20(25)17-11-6-5-9-15(17)2/h5-13H,1-4H3. The molecule has 0 atom stereocenters. The lowest BCUT2D eigenvalue weighted by Crippen LogP contribution is -2.36. The average Bonchev–Trinajstić information content (AvgIpc) is 3.05. The lowest BCUT2D eigenvalue weighted by molar-refractivity contribution is 0.714. The second-order valence-electron chi connectivity index (χ2n) is 6.97. The number of hydrogen-bond donors (Lipinski definition) is 0. The summed E-state index contributed by atoms with van der Waals surface area (Å²) >= 11 is 0. The maximum atomic E-state index is 13.1. The van der Waals surface area contributed by atoms with Crippen LogP contribution in [0.25, 0.3) is 27.8 Å². The van der Waals surface area contributed by atoms with Crippen LogP contribution in [-0.2, 0) is 14.1 Å². The summed E-state index contributed by atoms with van der Waals surface area (Å²) in [4.78, 5) is 25.5. The van der Waals surface area contributed by atoms with Crippen molar-refractivity contribution in [3.63, 3.8) is 0 Å². The van der Waals surface area contributed by atoms with Crippen molar-refractivity contribution in [1.82, 2.24) is 13.7 Å². The zero-order chi connectivity index (χ0) is 19.3. The molecule has 0 aliphatic heterocycles. The first kappa shape index (κ1) is 17.1. The molecule has 136 valence electrons. The van der Waals surface area contributed by atoms with Crippen molar-refractivity contribution in [3.05, 3.63) is 86.7 Å². The molecule has 0 saturated carbocycles. The van der Waals surface area contributed by atoms with E-state index >= 15 is 0 Å². The number of nitrogens with zero attached hydrogens (tertiary/aromatic N) is 3. The van der Waals surface area contributed by atoms with E-state index in [2.05, 4.69) is 6.07 Å². The Morgan fingerprint density at radius 3 is 2.30 bits per heavy atom. The van der Waals surface area contributed by atoms with Crippen molar-refractivity contribution in [2.45, 2.75) is 13.8 Å². The van der Waals surface area contributed by atoms with Gasteiger partial charge in [-0.15, -0.1) is 0 Å². The highest BCUT2D eigenvalue weighted by Gasteiger charge is 2.21. The minimum atomic E-state index is -0.328. The fourth-order valence-electron chi connectivity index (χ4n) is 3.63. The van der Waals surface area contributed by atoms with Crippen LogP contribution < -0.4 is 11.2 Å². The van der Waals surface area contributed by atoms with Crippen LogP contribution in [0.3, 0.4) is 0 Å². The quantitative estimate of drug-likeness (QED) is 0.551. The summed E-state index contributed by atoms with van der Waals surface area (Å²) in [6, 6.07) is 16.1. The average molecular weight is 359 g/mol. The summed E-state index contributed by atoms with van der Waals surface area (Å²) in [5.74, 6) is 0. The van der Waals surface area contributed by atoms with Gasteiger partial charge in [0, 0.05) is 31.5 Å². The Bertz CT molecular complexity index is 1310. The number of aryl methyl sites for hydroxylation is 3. The Hall–Kier alpha value is -3.34. The van der Waals surface area contributed by atoms with Gasteiger partial charge in [0.25, 0.3) is 5.56 Å². The Labute approximate surface area is 156 Å². The third-order valence-electron chi connectivity index (χ3n) is 5.12. The molecule has 27 heavy (non-hydrogen) atoms. The second-order valence-corrected chi connectivity index (χ2v) is 6.97. The van der Waals surface area contributed by atoms with Crippen LogP contribution in [-0.4, -0.2) is 13.7 Å². The Kier molecular flexibility index (Phi) is 3.88. The van der Waals surface area contributed by atoms with Crippen LogP contribution in [0.4, 0.5) is 0 Å². The highest BCUT2D eigenvalue weighted by molar-refractivity contribution is 5.95. The van der Waals surface area contributed by atoms with Gasteiger partial charge in [0.05, 0.1) is 16.6 Å². The number of benzene rings is 2. The highest BCUT2D eigenvalue weighted by atomic mass is 16.2. The molecular weight excluding hydrogens is 338 g/mol. The van der Waals surface area contributed by atoms with Crippen LogP contribution in [0.1, 0.15) is 11.1 Å². The fourth-order valence-corrected chi connectivity index (χ4v) is 3.63. The van der Waals surface area contributed by atoms with Gasteiger partial charge < -0.3 is 4.57 Å². The van der Waals surface area contributed by atoms with Gasteiger partial charge in [-0.2, -0.15) is 0 Å². The maximum absolute atomic E-state index is 13.1. The lowest BCUT2D eigenvalue weighted by atomic mass is 10.0. The van der Waals surface area contributed by atoms with Gasteiger partial charge in [0.1, 0.15) is 0 Å². The van der Waals surface area contributed by atoms with Gasteiger partial charge in [0.15, 0.2) is 0 Å². The summed E-state index contributed by atoms with van der Waals surface area (Å²) in [7, 11) is 3.22. The molecule has 5 nitrogen and oxygen atoms in total. The Morgan fingerprint density at radius 1 is 0.852 bits per heavy atom. The number of hydrogen-bond acceptors (Lipinski definition) is 2. The van der Waals surface area contributed by atoms with Gasteiger partial charge >= 0.3 is 5.69 Å². The molecular formula is C22H21N3O2. The predicted octanol–water partition coefficient (Wildman–Crippen LogP) is 3.31. The molecule has 0 amide bonds. The summed E-state index contributed by atoms with van der Waals surface area (Å²) in [6.07, 6.45) is 1.88. The second kappa shape index (κ2) is 6.13. The number of aromatic nitrogens is 3. The molecule has 0 unspecified atom stereocenters. The fraction of sp³-hybridized carbons (Fsp3) is 0.182. The molecule has 0 saturated heterocycles. The summed E-state index contributed by atoms with van der Waals surface area (Å²) in [6.45, 7) is 4.07. The first-order valence-electron chi connectivity index (χ1n) is 8.84. The summed E-state index contributed by atoms with van der Waals surface area (Å²) in [5, 5.41) is 0.551. The van der Waals surface area contributed by atoms with E-state index in [0.29, 0.717) is 10.9 Å². The van der Waals surface area contributed by atoms with Gasteiger partial charge in [-0.05, 0) is 37.1 Å². The molecule has 0 N–H and O–H groups in total. The van der Waals surface area contributed by atoms with Gasteiger partial charge in [-0.3, -0.25) is 13.9 Å². The number of rotatable bonds is 2. The summed E-state index contributed by atoms with van der Waals surface area (Å²) in [5.41, 5.74) is 4.96. The smallest absolute Gasteiger partial charge is 0.314 e. The zero-order valence-corrected chi connectivity index (χ0v) is 15.9. The zero-order valence-electron chi connectivity index (χ0n) is 15.9. The van der Waals surface area contributed by atoms with Crippen molar-refractivity contribution in [2.75, 3.05) is 0 Å². The van der Waals surface area contributed by atoms with Crippen molar-refractivity contribution in [1.29, 1.82) is 0 Å². The van der Waals surface area contributed by atoms with Crippen LogP contribution >= 0.6 is 0 Å². The van der Waals surface area contributed by atoms with Crippen LogP contribution in [0.5, 0.6) is 0 Å². The Morgan fingerprint density at radius 2 is 1.59 bits per heavy atom. The van der Waals surface area contributed by atoms with E-state index in [9.17, 15) is 9.59 Å². The van der Waals surface area contributed by atoms with Crippen LogP contribution in [0.15, 0.2) is 64.3 Å². The SMILES string of the molecule is Cc1cccc(-n2cc3c(c2-c2ccccc2C)c(=O)n(C)c(=O)n3C)c1. The summed E-state index contributed by atoms with van der Waals surface area (Å²) < 4.78 is 4.72. The van der Waals surface area contributed by atoms with E-state index in [1.54, 1.807) is 7.05 Å². The van der Waals surface area contributed by atoms with E-state index in [0.717, 1.165) is 28.1 Å². The van der Waals surface area contributed by atoms with Crippen LogP contribution in [0.2, 0.25) is 0 Å². The van der Waals surface area contributed by atoms with Crippen molar-refractivity contribution >= 4 is 10.9 Å². The largest absolute Gasteiger partial charge is 0.330 e. The first-order valence-corrected chi connectivity index (χ1v) is 8.84. The Balaban J connectivity index is 2.25. The van der Waals surface area contributed by atoms with Gasteiger partial charge in [-0.25, -0.2) is 4.79 Å². The predicted molar refractivity (Wildman–Crippen MR) is 109 cm³/mol.